The molecule has 0 radical (unpaired) electrons. The average molecular weight is 426 g/mol. The van der Waals surface area contributed by atoms with Gasteiger partial charge < -0.3 is 20.3 Å². The Morgan fingerprint density at radius 1 is 1.10 bits per heavy atom. The highest BCUT2D eigenvalue weighted by molar-refractivity contribution is 5.79. The first kappa shape index (κ1) is 24.2. The largest absolute Gasteiger partial charge is 0.444 e. The number of hydrogen-bond donors (Lipinski definition) is 2. The van der Waals surface area contributed by atoms with E-state index in [-0.39, 0.29) is 6.09 Å². The number of ether oxygens (including phenoxy) is 1. The van der Waals surface area contributed by atoms with Crippen molar-refractivity contribution in [2.45, 2.75) is 59.9 Å². The number of aryl methyl sites for hydroxylation is 1. The SMILES string of the molecule is CCNC(=NCc1ccc(CN(C)C(=O)OC(C)(C)C)cc1)NCc1cccc(C)n1. The number of carbonyl (C=O) groups excluding carboxylic acids is 1. The summed E-state index contributed by atoms with van der Waals surface area (Å²) in [4.78, 5) is 22.9. The van der Waals surface area contributed by atoms with Crippen LogP contribution in [0.25, 0.3) is 0 Å². The lowest BCUT2D eigenvalue weighted by Gasteiger charge is -2.24. The first-order chi connectivity index (χ1) is 14.7. The summed E-state index contributed by atoms with van der Waals surface area (Å²) < 4.78 is 5.40. The van der Waals surface area contributed by atoms with Gasteiger partial charge in [0.15, 0.2) is 5.96 Å². The maximum Gasteiger partial charge on any atom is 0.410 e. The van der Waals surface area contributed by atoms with Crippen LogP contribution in [0.2, 0.25) is 0 Å². The molecule has 2 aromatic rings. The molecule has 0 fully saturated rings. The zero-order valence-electron chi connectivity index (χ0n) is 19.5. The van der Waals surface area contributed by atoms with Gasteiger partial charge in [0.2, 0.25) is 0 Å². The lowest BCUT2D eigenvalue weighted by atomic mass is 10.1. The third-order valence-electron chi connectivity index (χ3n) is 4.29. The predicted octanol–water partition coefficient (Wildman–Crippen LogP) is 4.01. The van der Waals surface area contributed by atoms with Gasteiger partial charge >= 0.3 is 6.09 Å². The number of carbonyl (C=O) groups is 1. The molecule has 2 N–H and O–H groups in total. The Bertz CT molecular complexity index is 872. The minimum atomic E-state index is -0.499. The lowest BCUT2D eigenvalue weighted by Crippen LogP contribution is -2.37. The molecular weight excluding hydrogens is 390 g/mol. The number of guanidine groups is 1. The second-order valence-corrected chi connectivity index (χ2v) is 8.47. The van der Waals surface area contributed by atoms with Crippen LogP contribution in [0, 0.1) is 6.92 Å². The predicted molar refractivity (Wildman–Crippen MR) is 125 cm³/mol. The Labute approximate surface area is 185 Å². The summed E-state index contributed by atoms with van der Waals surface area (Å²) in [6.45, 7) is 12.1. The summed E-state index contributed by atoms with van der Waals surface area (Å²) in [6, 6.07) is 14.1. The quantitative estimate of drug-likeness (QED) is 0.518. The van der Waals surface area contributed by atoms with Crippen molar-refractivity contribution < 1.29 is 9.53 Å². The van der Waals surface area contributed by atoms with Gasteiger partial charge in [0.1, 0.15) is 5.60 Å². The highest BCUT2D eigenvalue weighted by atomic mass is 16.6. The lowest BCUT2D eigenvalue weighted by molar-refractivity contribution is 0.0285. The average Bonchev–Trinajstić information content (AvgIpc) is 2.70. The van der Waals surface area contributed by atoms with E-state index >= 15 is 0 Å². The van der Waals surface area contributed by atoms with Gasteiger partial charge in [-0.3, -0.25) is 4.98 Å². The van der Waals surface area contributed by atoms with Crippen molar-refractivity contribution in [1.29, 1.82) is 0 Å². The molecule has 0 bridgehead atoms. The molecule has 0 atom stereocenters. The summed E-state index contributed by atoms with van der Waals surface area (Å²) in [5, 5.41) is 6.58. The van der Waals surface area contributed by atoms with Crippen molar-refractivity contribution in [3.8, 4) is 0 Å². The van der Waals surface area contributed by atoms with Gasteiger partial charge in [-0.2, -0.15) is 0 Å². The van der Waals surface area contributed by atoms with E-state index in [2.05, 4.69) is 20.6 Å². The van der Waals surface area contributed by atoms with E-state index in [1.807, 2.05) is 77.1 Å². The van der Waals surface area contributed by atoms with Crippen LogP contribution in [-0.2, 0) is 24.4 Å². The number of aromatic nitrogens is 1. The van der Waals surface area contributed by atoms with E-state index in [1.165, 1.54) is 0 Å². The first-order valence-corrected chi connectivity index (χ1v) is 10.6. The smallest absolute Gasteiger partial charge is 0.410 e. The van der Waals surface area contributed by atoms with Crippen LogP contribution in [0.15, 0.2) is 47.5 Å². The molecule has 1 aromatic heterocycles. The zero-order valence-corrected chi connectivity index (χ0v) is 19.5. The molecule has 0 aliphatic rings. The van der Waals surface area contributed by atoms with E-state index in [0.717, 1.165) is 35.0 Å². The number of benzene rings is 1. The second-order valence-electron chi connectivity index (χ2n) is 8.47. The highest BCUT2D eigenvalue weighted by Crippen LogP contribution is 2.12. The fourth-order valence-corrected chi connectivity index (χ4v) is 2.81. The molecule has 0 aliphatic heterocycles. The van der Waals surface area contributed by atoms with Crippen LogP contribution in [0.5, 0.6) is 0 Å². The van der Waals surface area contributed by atoms with Crippen LogP contribution in [0.4, 0.5) is 4.79 Å². The molecular formula is C24H35N5O2. The first-order valence-electron chi connectivity index (χ1n) is 10.6. The van der Waals surface area contributed by atoms with Gasteiger partial charge in [-0.25, -0.2) is 9.79 Å². The second kappa shape index (κ2) is 11.3. The number of hydrogen-bond acceptors (Lipinski definition) is 4. The van der Waals surface area contributed by atoms with Crippen LogP contribution >= 0.6 is 0 Å². The standard InChI is InChI=1S/C24H35N5O2/c1-7-25-22(27-16-21-10-8-9-18(2)28-21)26-15-19-11-13-20(14-12-19)17-29(6)23(30)31-24(3,4)5/h8-14H,7,15-17H2,1-6H3,(H2,25,26,27). The van der Waals surface area contributed by atoms with E-state index in [4.69, 9.17) is 4.74 Å². The molecule has 0 saturated carbocycles. The Hall–Kier alpha value is -3.09. The van der Waals surface area contributed by atoms with E-state index < -0.39 is 5.60 Å². The van der Waals surface area contributed by atoms with Gasteiger partial charge in [-0.1, -0.05) is 30.3 Å². The van der Waals surface area contributed by atoms with Gasteiger partial charge in [0, 0.05) is 25.8 Å². The number of aliphatic imine (C=N–C) groups is 1. The van der Waals surface area contributed by atoms with Crippen LogP contribution in [-0.4, -0.2) is 41.1 Å². The van der Waals surface area contributed by atoms with Crippen molar-refractivity contribution in [3.05, 3.63) is 65.0 Å². The monoisotopic (exact) mass is 425 g/mol. The number of amides is 1. The highest BCUT2D eigenvalue weighted by Gasteiger charge is 2.19. The molecule has 168 valence electrons. The van der Waals surface area contributed by atoms with Gasteiger partial charge in [0.05, 0.1) is 18.8 Å². The third kappa shape index (κ3) is 9.07. The third-order valence-corrected chi connectivity index (χ3v) is 4.29. The molecule has 0 saturated heterocycles. The normalized spacial score (nSPS) is 11.7. The molecule has 1 amide bonds. The summed E-state index contributed by atoms with van der Waals surface area (Å²) in [6.07, 6.45) is -0.328. The molecule has 31 heavy (non-hydrogen) atoms. The van der Waals surface area contributed by atoms with Crippen molar-refractivity contribution in [2.75, 3.05) is 13.6 Å². The fraction of sp³-hybridized carbons (Fsp3) is 0.458. The van der Waals surface area contributed by atoms with E-state index in [0.29, 0.717) is 19.6 Å². The number of pyridine rings is 1. The molecule has 1 aromatic carbocycles. The molecule has 0 unspecified atom stereocenters. The van der Waals surface area contributed by atoms with Crippen LogP contribution < -0.4 is 10.6 Å². The number of nitrogens with zero attached hydrogens (tertiary/aromatic N) is 3. The van der Waals surface area contributed by atoms with Crippen molar-refractivity contribution in [3.63, 3.8) is 0 Å². The summed E-state index contributed by atoms with van der Waals surface area (Å²) >= 11 is 0. The number of rotatable bonds is 7. The minimum Gasteiger partial charge on any atom is -0.444 e. The Kier molecular flexibility index (Phi) is 8.85. The maximum absolute atomic E-state index is 12.1. The molecule has 7 nitrogen and oxygen atoms in total. The molecule has 0 aliphatic carbocycles. The summed E-state index contributed by atoms with van der Waals surface area (Å²) in [5.41, 5.74) is 3.61. The topological polar surface area (TPSA) is 78.9 Å². The summed E-state index contributed by atoms with van der Waals surface area (Å²) in [7, 11) is 1.74. The molecule has 0 spiro atoms. The van der Waals surface area contributed by atoms with Crippen LogP contribution in [0.3, 0.4) is 0 Å². The summed E-state index contributed by atoms with van der Waals surface area (Å²) in [5.74, 6) is 0.750. The molecule has 1 heterocycles. The van der Waals surface area contributed by atoms with E-state index in [9.17, 15) is 4.79 Å². The minimum absolute atomic E-state index is 0.328. The number of nitrogens with one attached hydrogen (secondary N) is 2. The zero-order chi connectivity index (χ0) is 22.9. The van der Waals surface area contributed by atoms with Gasteiger partial charge in [-0.15, -0.1) is 0 Å². The van der Waals surface area contributed by atoms with Crippen LogP contribution in [0.1, 0.15) is 50.2 Å². The van der Waals surface area contributed by atoms with E-state index in [1.54, 1.807) is 11.9 Å². The van der Waals surface area contributed by atoms with Gasteiger partial charge in [-0.05, 0) is 57.9 Å². The Morgan fingerprint density at radius 2 is 1.77 bits per heavy atom. The van der Waals surface area contributed by atoms with Crippen molar-refractivity contribution in [2.24, 2.45) is 4.99 Å². The van der Waals surface area contributed by atoms with Crippen molar-refractivity contribution in [1.82, 2.24) is 20.5 Å². The van der Waals surface area contributed by atoms with Gasteiger partial charge in [0.25, 0.3) is 0 Å². The van der Waals surface area contributed by atoms with Crippen molar-refractivity contribution >= 4 is 12.1 Å². The molecule has 7 heteroatoms. The molecule has 2 rings (SSSR count). The maximum atomic E-state index is 12.1. The Morgan fingerprint density at radius 3 is 2.39 bits per heavy atom. The Balaban J connectivity index is 1.92. The fourth-order valence-electron chi connectivity index (χ4n) is 2.81.